The largest absolute Gasteiger partial charge is 0.412 e. The van der Waals surface area contributed by atoms with Crippen LogP contribution in [0.4, 0.5) is 0 Å². The van der Waals surface area contributed by atoms with Gasteiger partial charge in [-0.05, 0) is 20.8 Å². The Kier molecular flexibility index (Phi) is 13.0. The fourth-order valence-electron chi connectivity index (χ4n) is 0. The van der Waals surface area contributed by atoms with Crippen molar-refractivity contribution in [1.82, 2.24) is 0 Å². The molecule has 0 aliphatic carbocycles. The predicted molar refractivity (Wildman–Crippen MR) is 36.9 cm³/mol. The van der Waals surface area contributed by atoms with Gasteiger partial charge in [0, 0.05) is 6.92 Å². The molecule has 0 heterocycles. The van der Waals surface area contributed by atoms with E-state index >= 15 is 0 Å². The molecule has 0 saturated heterocycles. The molecule has 0 unspecified atom stereocenters. The molecule has 0 aromatic carbocycles. The summed E-state index contributed by atoms with van der Waals surface area (Å²) in [5.41, 5.74) is -0.500. The van der Waals surface area contributed by atoms with Gasteiger partial charge in [-0.3, -0.25) is 0 Å². The van der Waals surface area contributed by atoms with Crippen molar-refractivity contribution in [2.75, 3.05) is 0 Å². The fraction of sp³-hybridized carbons (Fsp3) is 0.833. The Bertz CT molecular complexity index is 72.0. The minimum absolute atomic E-state index is 0. The third kappa shape index (κ3) is 623. The molecule has 0 rings (SSSR count). The van der Waals surface area contributed by atoms with E-state index in [2.05, 4.69) is 0 Å². The molecule has 0 radical (unpaired) electrons. The van der Waals surface area contributed by atoms with Crippen LogP contribution in [0, 0.1) is 11.3 Å². The van der Waals surface area contributed by atoms with Crippen LogP contribution in [0.3, 0.4) is 0 Å². The molecule has 56 valence electrons. The van der Waals surface area contributed by atoms with E-state index in [-0.39, 0.29) is 5.48 Å². The van der Waals surface area contributed by atoms with Crippen LogP contribution in [0.1, 0.15) is 27.7 Å². The first kappa shape index (κ1) is 15.8. The topological polar surface area (TPSA) is 75.5 Å². The van der Waals surface area contributed by atoms with Crippen LogP contribution in [-0.2, 0) is 0 Å². The summed E-state index contributed by atoms with van der Waals surface area (Å²) in [6, 6.07) is 1.75. The second kappa shape index (κ2) is 7.41. The zero-order valence-corrected chi connectivity index (χ0v) is 6.39. The van der Waals surface area contributed by atoms with E-state index in [0.717, 1.165) is 0 Å². The van der Waals surface area contributed by atoms with Crippen LogP contribution in [0.25, 0.3) is 0 Å². The highest BCUT2D eigenvalue weighted by Crippen LogP contribution is 1.93. The minimum Gasteiger partial charge on any atom is -0.412 e. The Balaban J connectivity index is -0.0000000800. The van der Waals surface area contributed by atoms with Crippen LogP contribution in [0.2, 0.25) is 0 Å². The van der Waals surface area contributed by atoms with Gasteiger partial charge in [-0.25, -0.2) is 0 Å². The van der Waals surface area contributed by atoms with Crippen LogP contribution >= 0.6 is 0 Å². The maximum absolute atomic E-state index is 8.52. The first-order valence-corrected chi connectivity index (χ1v) is 2.45. The van der Waals surface area contributed by atoms with Crippen molar-refractivity contribution in [1.29, 1.82) is 5.26 Å². The Labute approximate surface area is 56.2 Å². The molecule has 0 fully saturated rings. The summed E-state index contributed by atoms with van der Waals surface area (Å²) in [4.78, 5) is 0. The molecule has 0 atom stereocenters. The first-order chi connectivity index (χ1) is 3.41. The lowest BCUT2D eigenvalue weighted by Gasteiger charge is -2.04. The lowest BCUT2D eigenvalue weighted by atomic mass is 10.2. The lowest BCUT2D eigenvalue weighted by molar-refractivity contribution is 0.102. The Hall–Kier alpha value is -0.590. The minimum atomic E-state index is -0.500. The lowest BCUT2D eigenvalue weighted by Crippen LogP contribution is -2.10. The molecule has 0 saturated carbocycles. The van der Waals surface area contributed by atoms with Gasteiger partial charge in [0.15, 0.2) is 0 Å². The van der Waals surface area contributed by atoms with Crippen molar-refractivity contribution in [3.63, 3.8) is 0 Å². The van der Waals surface area contributed by atoms with Crippen LogP contribution in [0.5, 0.6) is 0 Å². The van der Waals surface area contributed by atoms with E-state index in [1.807, 2.05) is 0 Å². The average molecular weight is 133 g/mol. The fourth-order valence-corrected chi connectivity index (χ4v) is 0. The van der Waals surface area contributed by atoms with E-state index in [1.54, 1.807) is 26.8 Å². The SMILES string of the molecule is CC#N.CC(C)(C)O.O. The number of hydrogen-bond acceptors (Lipinski definition) is 2. The van der Waals surface area contributed by atoms with E-state index in [4.69, 9.17) is 10.4 Å². The summed E-state index contributed by atoms with van der Waals surface area (Å²) in [6.45, 7) is 6.66. The van der Waals surface area contributed by atoms with Gasteiger partial charge in [0.05, 0.1) is 11.7 Å². The van der Waals surface area contributed by atoms with E-state index in [1.165, 1.54) is 6.92 Å². The number of nitriles is 1. The summed E-state index contributed by atoms with van der Waals surface area (Å²) in [5, 5.41) is 15.8. The molecule has 0 aromatic rings. The van der Waals surface area contributed by atoms with Gasteiger partial charge in [-0.2, -0.15) is 5.26 Å². The summed E-state index contributed by atoms with van der Waals surface area (Å²) in [5.74, 6) is 0. The van der Waals surface area contributed by atoms with Crippen LogP contribution in [-0.4, -0.2) is 16.2 Å². The number of rotatable bonds is 0. The van der Waals surface area contributed by atoms with E-state index in [9.17, 15) is 0 Å². The summed E-state index contributed by atoms with van der Waals surface area (Å²) in [7, 11) is 0. The van der Waals surface area contributed by atoms with E-state index < -0.39 is 5.60 Å². The Morgan fingerprint density at radius 2 is 1.33 bits per heavy atom. The molecule has 3 nitrogen and oxygen atoms in total. The normalized spacial score (nSPS) is 7.56. The molecule has 3 heteroatoms. The average Bonchev–Trinajstić information content (AvgIpc) is 1.27. The molecule has 0 aliphatic heterocycles. The van der Waals surface area contributed by atoms with Crippen molar-refractivity contribution < 1.29 is 10.6 Å². The van der Waals surface area contributed by atoms with Gasteiger partial charge in [-0.15, -0.1) is 0 Å². The summed E-state index contributed by atoms with van der Waals surface area (Å²) in [6.07, 6.45) is 0. The summed E-state index contributed by atoms with van der Waals surface area (Å²) < 4.78 is 0. The zero-order valence-electron chi connectivity index (χ0n) is 6.39. The monoisotopic (exact) mass is 133 g/mol. The highest BCUT2D eigenvalue weighted by atomic mass is 16.3. The van der Waals surface area contributed by atoms with Gasteiger partial charge in [0.25, 0.3) is 0 Å². The van der Waals surface area contributed by atoms with Gasteiger partial charge < -0.3 is 10.6 Å². The maximum atomic E-state index is 8.52. The third-order valence-corrected chi connectivity index (χ3v) is 0. The van der Waals surface area contributed by atoms with E-state index in [0.29, 0.717) is 0 Å². The Morgan fingerprint density at radius 3 is 1.33 bits per heavy atom. The molecule has 0 aromatic heterocycles. The van der Waals surface area contributed by atoms with Gasteiger partial charge in [0.2, 0.25) is 0 Å². The van der Waals surface area contributed by atoms with Crippen molar-refractivity contribution in [2.45, 2.75) is 33.3 Å². The molecule has 9 heavy (non-hydrogen) atoms. The second-order valence-electron chi connectivity index (χ2n) is 2.39. The highest BCUT2D eigenvalue weighted by molar-refractivity contribution is 4.51. The number of hydrogen-bond donors (Lipinski definition) is 1. The molecular weight excluding hydrogens is 118 g/mol. The summed E-state index contributed by atoms with van der Waals surface area (Å²) >= 11 is 0. The Morgan fingerprint density at radius 1 is 1.33 bits per heavy atom. The van der Waals surface area contributed by atoms with Gasteiger partial charge in [0.1, 0.15) is 0 Å². The molecule has 3 N–H and O–H groups in total. The highest BCUT2D eigenvalue weighted by Gasteiger charge is 1.97. The number of aliphatic hydroxyl groups is 1. The second-order valence-corrected chi connectivity index (χ2v) is 2.39. The van der Waals surface area contributed by atoms with Crippen molar-refractivity contribution in [3.05, 3.63) is 0 Å². The molecular formula is C6H15NO2. The predicted octanol–water partition coefficient (Wildman–Crippen LogP) is 0.482. The maximum Gasteiger partial charge on any atom is 0.0587 e. The van der Waals surface area contributed by atoms with Crippen LogP contribution < -0.4 is 0 Å². The standard InChI is InChI=1S/C4H10O.C2H3N.H2O/c1-4(2,3)5;1-2-3;/h5H,1-3H3;1H3;1H2. The smallest absolute Gasteiger partial charge is 0.0587 e. The van der Waals surface area contributed by atoms with Crippen molar-refractivity contribution >= 4 is 0 Å². The van der Waals surface area contributed by atoms with Crippen molar-refractivity contribution in [2.24, 2.45) is 0 Å². The first-order valence-electron chi connectivity index (χ1n) is 2.45. The van der Waals surface area contributed by atoms with Crippen LogP contribution in [0.15, 0.2) is 0 Å². The van der Waals surface area contributed by atoms with Crippen molar-refractivity contribution in [3.8, 4) is 6.07 Å². The quantitative estimate of drug-likeness (QED) is 0.522. The molecule has 0 amide bonds. The van der Waals surface area contributed by atoms with Gasteiger partial charge >= 0.3 is 0 Å². The van der Waals surface area contributed by atoms with Gasteiger partial charge in [-0.1, -0.05) is 0 Å². The molecule has 0 spiro atoms. The molecule has 0 aliphatic rings. The zero-order chi connectivity index (χ0) is 7.21. The number of nitrogens with zero attached hydrogens (tertiary/aromatic N) is 1. The molecule has 0 bridgehead atoms. The third-order valence-electron chi connectivity index (χ3n) is 0.